The number of amides is 1. The minimum atomic E-state index is -0.640. The lowest BCUT2D eigenvalue weighted by molar-refractivity contribution is 0.100. The van der Waals surface area contributed by atoms with Crippen molar-refractivity contribution in [3.8, 4) is 11.4 Å². The van der Waals surface area contributed by atoms with Gasteiger partial charge in [-0.25, -0.2) is 9.97 Å². The fraction of sp³-hybridized carbons (Fsp3) is 0.167. The third kappa shape index (κ3) is 1.92. The molecule has 0 aliphatic carbocycles. The highest BCUT2D eigenvalue weighted by atomic mass is 16.3. The molecule has 8 heteroatoms. The number of primary amides is 1. The van der Waals surface area contributed by atoms with Crippen LogP contribution < -0.4 is 11.5 Å². The molecule has 4 aromatic rings. The number of benzene rings is 1. The van der Waals surface area contributed by atoms with Crippen molar-refractivity contribution in [1.29, 1.82) is 0 Å². The second-order valence-corrected chi connectivity index (χ2v) is 6.38. The number of nitrogen functional groups attached to an aromatic ring is 1. The molecule has 0 aliphatic heterocycles. The Morgan fingerprint density at radius 1 is 1.23 bits per heavy atom. The Kier molecular flexibility index (Phi) is 3.20. The molecule has 0 fully saturated rings. The SMILES string of the molecule is Cc1ccc(O)c(C)c1-n1c(N)c(C(N)=O)c2cnc3c(ncn3C)c21. The van der Waals surface area contributed by atoms with Gasteiger partial charge in [0.1, 0.15) is 17.1 Å². The van der Waals surface area contributed by atoms with Gasteiger partial charge in [0.25, 0.3) is 5.91 Å². The van der Waals surface area contributed by atoms with Gasteiger partial charge in [-0.3, -0.25) is 9.36 Å². The number of nitrogens with two attached hydrogens (primary N) is 2. The van der Waals surface area contributed by atoms with Gasteiger partial charge in [0.15, 0.2) is 5.65 Å². The minimum Gasteiger partial charge on any atom is -0.508 e. The van der Waals surface area contributed by atoms with Crippen molar-refractivity contribution < 1.29 is 9.90 Å². The Hall–Kier alpha value is -3.55. The first kappa shape index (κ1) is 15.9. The lowest BCUT2D eigenvalue weighted by Crippen LogP contribution is -2.14. The van der Waals surface area contributed by atoms with Crippen LogP contribution in [-0.4, -0.2) is 30.1 Å². The van der Waals surface area contributed by atoms with Crippen LogP contribution in [0.15, 0.2) is 24.7 Å². The van der Waals surface area contributed by atoms with Crippen LogP contribution in [0.4, 0.5) is 5.82 Å². The van der Waals surface area contributed by atoms with Gasteiger partial charge in [-0.1, -0.05) is 6.07 Å². The summed E-state index contributed by atoms with van der Waals surface area (Å²) in [6, 6.07) is 3.42. The van der Waals surface area contributed by atoms with E-state index in [2.05, 4.69) is 9.97 Å². The molecule has 1 amide bonds. The number of hydrogen-bond donors (Lipinski definition) is 3. The van der Waals surface area contributed by atoms with E-state index in [0.29, 0.717) is 33.3 Å². The highest BCUT2D eigenvalue weighted by Gasteiger charge is 2.25. The number of imidazole rings is 1. The first-order valence-corrected chi connectivity index (χ1v) is 8.02. The van der Waals surface area contributed by atoms with Gasteiger partial charge in [-0.15, -0.1) is 0 Å². The zero-order valence-corrected chi connectivity index (χ0v) is 14.6. The van der Waals surface area contributed by atoms with Gasteiger partial charge in [0, 0.05) is 24.2 Å². The second-order valence-electron chi connectivity index (χ2n) is 6.38. The van der Waals surface area contributed by atoms with E-state index >= 15 is 0 Å². The number of rotatable bonds is 2. The summed E-state index contributed by atoms with van der Waals surface area (Å²) in [5, 5.41) is 10.7. The highest BCUT2D eigenvalue weighted by molar-refractivity contribution is 6.16. The molecule has 4 rings (SSSR count). The van der Waals surface area contributed by atoms with Crippen molar-refractivity contribution in [2.45, 2.75) is 13.8 Å². The van der Waals surface area contributed by atoms with E-state index in [4.69, 9.17) is 11.5 Å². The summed E-state index contributed by atoms with van der Waals surface area (Å²) in [4.78, 5) is 20.9. The highest BCUT2D eigenvalue weighted by Crippen LogP contribution is 2.38. The molecule has 3 aromatic heterocycles. The van der Waals surface area contributed by atoms with Crippen molar-refractivity contribution >= 4 is 33.8 Å². The van der Waals surface area contributed by atoms with Crippen LogP contribution in [0, 0.1) is 13.8 Å². The van der Waals surface area contributed by atoms with Crippen LogP contribution in [0.2, 0.25) is 0 Å². The van der Waals surface area contributed by atoms with Gasteiger partial charge < -0.3 is 21.1 Å². The Morgan fingerprint density at radius 2 is 1.96 bits per heavy atom. The van der Waals surface area contributed by atoms with Crippen LogP contribution in [0.3, 0.4) is 0 Å². The maximum Gasteiger partial charge on any atom is 0.253 e. The molecule has 3 heterocycles. The molecular weight excluding hydrogens is 332 g/mol. The van der Waals surface area contributed by atoms with Crippen LogP contribution in [-0.2, 0) is 7.05 Å². The van der Waals surface area contributed by atoms with Crippen molar-refractivity contribution in [1.82, 2.24) is 19.1 Å². The molecule has 0 saturated carbocycles. The molecule has 0 spiro atoms. The Morgan fingerprint density at radius 3 is 2.65 bits per heavy atom. The van der Waals surface area contributed by atoms with E-state index in [0.717, 1.165) is 5.56 Å². The number of nitrogens with zero attached hydrogens (tertiary/aromatic N) is 4. The quantitative estimate of drug-likeness (QED) is 0.509. The lowest BCUT2D eigenvalue weighted by Gasteiger charge is -2.16. The third-order valence-corrected chi connectivity index (χ3v) is 4.77. The average molecular weight is 350 g/mol. The minimum absolute atomic E-state index is 0.138. The number of anilines is 1. The van der Waals surface area contributed by atoms with Gasteiger partial charge in [0.2, 0.25) is 0 Å². The Labute approximate surface area is 148 Å². The van der Waals surface area contributed by atoms with E-state index in [1.807, 2.05) is 14.0 Å². The maximum absolute atomic E-state index is 12.1. The smallest absolute Gasteiger partial charge is 0.253 e. The van der Waals surface area contributed by atoms with Crippen LogP contribution >= 0.6 is 0 Å². The number of aryl methyl sites for hydroxylation is 2. The molecule has 1 aromatic carbocycles. The number of phenolic OH excluding ortho intramolecular Hbond substituents is 1. The molecule has 0 bridgehead atoms. The van der Waals surface area contributed by atoms with Crippen molar-refractivity contribution in [2.75, 3.05) is 5.73 Å². The predicted molar refractivity (Wildman–Crippen MR) is 99.4 cm³/mol. The molecule has 0 saturated heterocycles. The van der Waals surface area contributed by atoms with Crippen molar-refractivity contribution in [3.05, 3.63) is 41.3 Å². The van der Waals surface area contributed by atoms with Crippen LogP contribution in [0.5, 0.6) is 5.75 Å². The van der Waals surface area contributed by atoms with E-state index in [1.54, 1.807) is 40.7 Å². The van der Waals surface area contributed by atoms with E-state index in [-0.39, 0.29) is 17.1 Å². The zero-order valence-electron chi connectivity index (χ0n) is 14.6. The summed E-state index contributed by atoms with van der Waals surface area (Å²) in [7, 11) is 1.84. The summed E-state index contributed by atoms with van der Waals surface area (Å²) in [5.74, 6) is -0.304. The number of pyridine rings is 1. The molecule has 5 N–H and O–H groups in total. The summed E-state index contributed by atoms with van der Waals surface area (Å²) < 4.78 is 3.52. The first-order chi connectivity index (χ1) is 12.3. The number of hydrogen-bond acceptors (Lipinski definition) is 5. The number of aromatic hydroxyl groups is 1. The van der Waals surface area contributed by atoms with E-state index in [1.165, 1.54) is 0 Å². The number of fused-ring (bicyclic) bond motifs is 3. The number of carbonyl (C=O) groups excluding carboxylic acids is 1. The third-order valence-electron chi connectivity index (χ3n) is 4.77. The zero-order chi connectivity index (χ0) is 18.7. The van der Waals surface area contributed by atoms with Gasteiger partial charge in [-0.2, -0.15) is 0 Å². The molecule has 0 atom stereocenters. The maximum atomic E-state index is 12.1. The number of phenols is 1. The Bertz CT molecular complexity index is 1220. The van der Waals surface area contributed by atoms with E-state index < -0.39 is 5.91 Å². The molecule has 0 unspecified atom stereocenters. The largest absolute Gasteiger partial charge is 0.508 e. The van der Waals surface area contributed by atoms with Crippen molar-refractivity contribution in [2.24, 2.45) is 12.8 Å². The number of carbonyl (C=O) groups is 1. The fourth-order valence-corrected chi connectivity index (χ4v) is 3.50. The van der Waals surface area contributed by atoms with E-state index in [9.17, 15) is 9.90 Å². The summed E-state index contributed by atoms with van der Waals surface area (Å²) in [6.45, 7) is 3.71. The summed E-state index contributed by atoms with van der Waals surface area (Å²) in [5.41, 5.74) is 16.3. The molecule has 132 valence electrons. The first-order valence-electron chi connectivity index (χ1n) is 8.02. The molecule has 8 nitrogen and oxygen atoms in total. The van der Waals surface area contributed by atoms with Crippen LogP contribution in [0.1, 0.15) is 21.5 Å². The predicted octanol–water partition coefficient (Wildman–Crippen LogP) is 1.92. The van der Waals surface area contributed by atoms with Crippen molar-refractivity contribution in [3.63, 3.8) is 0 Å². The molecular formula is C18H18N6O2. The normalized spacial score (nSPS) is 11.5. The standard InChI is InChI=1S/C18H18N6O2/c1-8-4-5-11(25)9(2)14(8)24-15-10(12(16(24)19)17(20)26)6-21-18-13(15)22-7-23(18)3/h4-7,25H,19H2,1-3H3,(H2,20,26). The number of aromatic nitrogens is 4. The lowest BCUT2D eigenvalue weighted by atomic mass is 10.1. The monoisotopic (exact) mass is 350 g/mol. The Balaban J connectivity index is 2.30. The molecule has 0 radical (unpaired) electrons. The van der Waals surface area contributed by atoms with Gasteiger partial charge >= 0.3 is 0 Å². The van der Waals surface area contributed by atoms with Gasteiger partial charge in [0.05, 0.1) is 23.1 Å². The second kappa shape index (κ2) is 5.22. The fourth-order valence-electron chi connectivity index (χ4n) is 3.50. The summed E-state index contributed by atoms with van der Waals surface area (Å²) in [6.07, 6.45) is 3.23. The van der Waals surface area contributed by atoms with Crippen LogP contribution in [0.25, 0.3) is 27.8 Å². The average Bonchev–Trinajstić information content (AvgIpc) is 3.10. The summed E-state index contributed by atoms with van der Waals surface area (Å²) >= 11 is 0. The van der Waals surface area contributed by atoms with Gasteiger partial charge in [-0.05, 0) is 25.5 Å². The molecule has 26 heavy (non-hydrogen) atoms. The topological polar surface area (TPSA) is 125 Å². The molecule has 0 aliphatic rings.